The zero-order valence-electron chi connectivity index (χ0n) is 9.43. The summed E-state index contributed by atoms with van der Waals surface area (Å²) in [6, 6.07) is 0. The Morgan fingerprint density at radius 3 is 2.33 bits per heavy atom. The number of hydrogen-bond donors (Lipinski definition) is 0. The van der Waals surface area contributed by atoms with Crippen LogP contribution in [0.3, 0.4) is 0 Å². The summed E-state index contributed by atoms with van der Waals surface area (Å²) in [5.41, 5.74) is 0.931. The first-order chi connectivity index (χ1) is 6.82. The molecule has 0 unspecified atom stereocenters. The quantitative estimate of drug-likeness (QED) is 0.717. The lowest BCUT2D eigenvalue weighted by Crippen LogP contribution is -2.07. The van der Waals surface area contributed by atoms with Crippen LogP contribution in [0, 0.1) is 17.3 Å². The van der Waals surface area contributed by atoms with Gasteiger partial charge in [-0.1, -0.05) is 37.0 Å². The second-order valence-electron chi connectivity index (χ2n) is 4.67. The normalized spacial score (nSPS) is 27.1. The van der Waals surface area contributed by atoms with Gasteiger partial charge in [0.15, 0.2) is 0 Å². The fraction of sp³-hybridized carbons (Fsp3) is 0.727. The fourth-order valence-corrected chi connectivity index (χ4v) is 2.28. The monoisotopic (exact) mass is 250 g/mol. The fourth-order valence-electron chi connectivity index (χ4n) is 2.13. The number of methoxy groups -OCH3 is 1. The Labute approximate surface area is 101 Å². The van der Waals surface area contributed by atoms with Gasteiger partial charge in [-0.3, -0.25) is 4.79 Å². The van der Waals surface area contributed by atoms with Crippen molar-refractivity contribution >= 4 is 29.2 Å². The summed E-state index contributed by atoms with van der Waals surface area (Å²) in [6.45, 7) is 6.02. The molecule has 0 spiro atoms. The van der Waals surface area contributed by atoms with Crippen LogP contribution in [0.25, 0.3) is 0 Å². The Morgan fingerprint density at radius 1 is 1.40 bits per heavy atom. The lowest BCUT2D eigenvalue weighted by Gasteiger charge is -2.02. The molecule has 0 radical (unpaired) electrons. The molecule has 0 saturated heterocycles. The molecule has 15 heavy (non-hydrogen) atoms. The number of carbonyl (C=O) groups is 1. The molecular formula is C11H16Cl2O2. The highest BCUT2D eigenvalue weighted by molar-refractivity contribution is 6.56. The smallest absolute Gasteiger partial charge is 0.309 e. The van der Waals surface area contributed by atoms with Gasteiger partial charge >= 0.3 is 5.97 Å². The molecule has 1 saturated carbocycles. The minimum Gasteiger partial charge on any atom is -0.469 e. The molecule has 1 aliphatic rings. The van der Waals surface area contributed by atoms with E-state index in [2.05, 4.69) is 13.8 Å². The van der Waals surface area contributed by atoms with Crippen molar-refractivity contribution in [3.8, 4) is 0 Å². The molecular weight excluding hydrogens is 235 g/mol. The van der Waals surface area contributed by atoms with E-state index in [9.17, 15) is 4.79 Å². The Hall–Kier alpha value is -0.210. The minimum absolute atomic E-state index is 0.00240. The molecule has 1 rings (SSSR count). The summed E-state index contributed by atoms with van der Waals surface area (Å²) in [7, 11) is 1.42. The van der Waals surface area contributed by atoms with Gasteiger partial charge in [-0.25, -0.2) is 0 Å². The first-order valence-corrected chi connectivity index (χ1v) is 5.66. The topological polar surface area (TPSA) is 26.3 Å². The van der Waals surface area contributed by atoms with Crippen LogP contribution in [0.5, 0.6) is 0 Å². The largest absolute Gasteiger partial charge is 0.469 e. The number of rotatable bonds is 3. The van der Waals surface area contributed by atoms with E-state index in [0.717, 1.165) is 12.0 Å². The van der Waals surface area contributed by atoms with Crippen LogP contribution >= 0.6 is 23.2 Å². The molecule has 4 heteroatoms. The number of carbonyl (C=O) groups excluding carboxylic acids is 1. The number of esters is 1. The summed E-state index contributed by atoms with van der Waals surface area (Å²) in [4.78, 5) is 11.4. The first kappa shape index (κ1) is 12.9. The molecule has 0 aromatic rings. The van der Waals surface area contributed by atoms with Crippen LogP contribution in [0.15, 0.2) is 10.1 Å². The summed E-state index contributed by atoms with van der Waals surface area (Å²) in [5.74, 6) is 0.131. The minimum atomic E-state index is -0.136. The second-order valence-corrected chi connectivity index (χ2v) is 5.62. The van der Waals surface area contributed by atoms with Crippen molar-refractivity contribution in [2.75, 3.05) is 7.11 Å². The van der Waals surface area contributed by atoms with E-state index in [1.54, 1.807) is 0 Å². The van der Waals surface area contributed by atoms with Crippen LogP contribution < -0.4 is 0 Å². The summed E-state index contributed by atoms with van der Waals surface area (Å²) < 4.78 is 5.07. The third-order valence-corrected chi connectivity index (χ3v) is 4.00. The van der Waals surface area contributed by atoms with Crippen molar-refractivity contribution in [1.82, 2.24) is 0 Å². The molecule has 0 bridgehead atoms. The number of halogens is 2. The molecule has 0 heterocycles. The van der Waals surface area contributed by atoms with Gasteiger partial charge in [-0.15, -0.1) is 0 Å². The molecule has 0 amide bonds. The summed E-state index contributed by atoms with van der Waals surface area (Å²) in [5, 5.41) is 0. The summed E-state index contributed by atoms with van der Waals surface area (Å²) in [6.07, 6.45) is 0.759. The predicted octanol–water partition coefficient (Wildman–Crippen LogP) is 3.53. The highest BCUT2D eigenvalue weighted by atomic mass is 35.5. The Morgan fingerprint density at radius 2 is 1.93 bits per heavy atom. The van der Waals surface area contributed by atoms with Crippen LogP contribution in [0.4, 0.5) is 0 Å². The zero-order chi connectivity index (χ0) is 11.8. The average Bonchev–Trinajstić information content (AvgIpc) is 2.67. The van der Waals surface area contributed by atoms with Crippen LogP contribution in [-0.4, -0.2) is 13.1 Å². The highest BCUT2D eigenvalue weighted by Gasteiger charge is 2.62. The van der Waals surface area contributed by atoms with Crippen molar-refractivity contribution < 1.29 is 9.53 Å². The predicted molar refractivity (Wildman–Crippen MR) is 61.8 cm³/mol. The van der Waals surface area contributed by atoms with Crippen LogP contribution in [0.2, 0.25) is 0 Å². The third kappa shape index (κ3) is 2.48. The lowest BCUT2D eigenvalue weighted by molar-refractivity contribution is -0.143. The van der Waals surface area contributed by atoms with E-state index in [1.165, 1.54) is 7.11 Å². The molecule has 1 fully saturated rings. The van der Waals surface area contributed by atoms with Gasteiger partial charge in [0.2, 0.25) is 0 Å². The van der Waals surface area contributed by atoms with Crippen molar-refractivity contribution in [3.63, 3.8) is 0 Å². The van der Waals surface area contributed by atoms with Crippen LogP contribution in [-0.2, 0) is 9.53 Å². The number of allylic oxidation sites excluding steroid dienone is 1. The number of hydrogen-bond acceptors (Lipinski definition) is 2. The van der Waals surface area contributed by atoms with E-state index >= 15 is 0 Å². The lowest BCUT2D eigenvalue weighted by atomic mass is 10.0. The second kappa shape index (κ2) is 4.34. The van der Waals surface area contributed by atoms with E-state index in [0.29, 0.717) is 4.49 Å². The Balaban J connectivity index is 2.68. The maximum Gasteiger partial charge on any atom is 0.309 e. The van der Waals surface area contributed by atoms with E-state index in [1.807, 2.05) is 6.92 Å². The Bertz CT molecular complexity index is 304. The third-order valence-electron chi connectivity index (χ3n) is 3.35. The molecule has 2 nitrogen and oxygen atoms in total. The molecule has 1 aliphatic carbocycles. The van der Waals surface area contributed by atoms with Gasteiger partial charge < -0.3 is 4.74 Å². The van der Waals surface area contributed by atoms with Gasteiger partial charge in [-0.2, -0.15) is 0 Å². The molecule has 0 aromatic heterocycles. The molecule has 2 atom stereocenters. The summed E-state index contributed by atoms with van der Waals surface area (Å²) >= 11 is 11.4. The van der Waals surface area contributed by atoms with Gasteiger partial charge in [0.25, 0.3) is 0 Å². The maximum absolute atomic E-state index is 11.4. The Kier molecular flexibility index (Phi) is 3.72. The van der Waals surface area contributed by atoms with Crippen molar-refractivity contribution in [2.45, 2.75) is 27.2 Å². The highest BCUT2D eigenvalue weighted by Crippen LogP contribution is 2.61. The average molecular weight is 251 g/mol. The molecule has 0 N–H and O–H groups in total. The van der Waals surface area contributed by atoms with Gasteiger partial charge in [0.05, 0.1) is 13.0 Å². The maximum atomic E-state index is 11.4. The van der Waals surface area contributed by atoms with Gasteiger partial charge in [0.1, 0.15) is 4.49 Å². The van der Waals surface area contributed by atoms with Crippen molar-refractivity contribution in [3.05, 3.63) is 10.1 Å². The molecule has 0 aromatic carbocycles. The first-order valence-electron chi connectivity index (χ1n) is 4.91. The van der Waals surface area contributed by atoms with E-state index in [4.69, 9.17) is 27.9 Å². The van der Waals surface area contributed by atoms with Crippen LogP contribution in [0.1, 0.15) is 27.2 Å². The SMILES string of the molecule is COC(=O)[C@@H]1[C@H](CC(C)=C(Cl)Cl)C1(C)C. The zero-order valence-corrected chi connectivity index (χ0v) is 10.9. The molecule has 86 valence electrons. The number of ether oxygens (including phenoxy) is 1. The van der Waals surface area contributed by atoms with E-state index in [-0.39, 0.29) is 23.2 Å². The van der Waals surface area contributed by atoms with Crippen molar-refractivity contribution in [1.29, 1.82) is 0 Å². The van der Waals surface area contributed by atoms with Gasteiger partial charge in [0, 0.05) is 0 Å². The standard InChI is InChI=1S/C11H16Cl2O2/c1-6(9(12)13)5-7-8(10(14)15-4)11(7,2)3/h7-8H,5H2,1-4H3/t7-,8-/m0/s1. The van der Waals surface area contributed by atoms with E-state index < -0.39 is 0 Å². The van der Waals surface area contributed by atoms with Gasteiger partial charge in [-0.05, 0) is 30.3 Å². The molecule has 0 aliphatic heterocycles. The van der Waals surface area contributed by atoms with Crippen molar-refractivity contribution in [2.24, 2.45) is 17.3 Å².